The molecule has 148 valence electrons. The van der Waals surface area contributed by atoms with E-state index in [1.165, 1.54) is 21.9 Å². The van der Waals surface area contributed by atoms with Crippen molar-refractivity contribution in [3.63, 3.8) is 0 Å². The van der Waals surface area contributed by atoms with Crippen LogP contribution in [0.5, 0.6) is 0 Å². The second kappa shape index (κ2) is 13.7. The summed E-state index contributed by atoms with van der Waals surface area (Å²) in [6.45, 7) is 0. The van der Waals surface area contributed by atoms with E-state index in [4.69, 9.17) is 26.6 Å². The van der Waals surface area contributed by atoms with Gasteiger partial charge in [0, 0.05) is 42.7 Å². The van der Waals surface area contributed by atoms with E-state index in [0.717, 1.165) is 6.42 Å². The van der Waals surface area contributed by atoms with E-state index in [0.29, 0.717) is 0 Å². The summed E-state index contributed by atoms with van der Waals surface area (Å²) in [4.78, 5) is 0. The number of allylic oxidation sites excluding steroid dienone is 1. The Morgan fingerprint density at radius 1 is 0.667 bits per heavy atom. The highest BCUT2D eigenvalue weighted by molar-refractivity contribution is 6.36. The van der Waals surface area contributed by atoms with E-state index in [1.807, 2.05) is 0 Å². The first-order chi connectivity index (χ1) is 13.1. The Bertz CT molecular complexity index is 659. The molecule has 2 radical (unpaired) electrons. The summed E-state index contributed by atoms with van der Waals surface area (Å²) in [5, 5.41) is 2.80. The third kappa shape index (κ3) is 7.64. The van der Waals surface area contributed by atoms with Gasteiger partial charge in [-0.05, 0) is 28.3 Å². The fourth-order valence-electron chi connectivity index (χ4n) is 2.57. The van der Waals surface area contributed by atoms with E-state index >= 15 is 0 Å². The third-order valence-electron chi connectivity index (χ3n) is 3.66. The lowest BCUT2D eigenvalue weighted by Gasteiger charge is -2.11. The Morgan fingerprint density at radius 3 is 1.59 bits per heavy atom. The van der Waals surface area contributed by atoms with E-state index in [1.54, 1.807) is 42.7 Å². The maximum Gasteiger partial charge on any atom is 0.576 e. The third-order valence-corrected chi connectivity index (χ3v) is 5.66. The van der Waals surface area contributed by atoms with Crippen LogP contribution in [0, 0.1) is 0 Å². The summed E-state index contributed by atoms with van der Waals surface area (Å²) < 4.78 is 28.2. The van der Waals surface area contributed by atoms with Crippen LogP contribution in [0.25, 0.3) is 16.8 Å². The summed E-state index contributed by atoms with van der Waals surface area (Å²) in [6.07, 6.45) is 5.53. The summed E-state index contributed by atoms with van der Waals surface area (Å²) in [5.74, 6) is 0. The number of benzene rings is 2. The van der Waals surface area contributed by atoms with Gasteiger partial charge in [0.25, 0.3) is 0 Å². The molecule has 6 nitrogen and oxygen atoms in total. The minimum Gasteiger partial charge on any atom is -0.375 e. The molecule has 0 atom stereocenters. The molecule has 3 rings (SSSR count). The van der Waals surface area contributed by atoms with E-state index < -0.39 is 19.1 Å². The first kappa shape index (κ1) is 23.7. The Kier molecular flexibility index (Phi) is 12.1. The minimum absolute atomic E-state index is 1.08. The highest BCUT2D eigenvalue weighted by atomic mass is 28.3. The molecular formula is C19H28O6Si2. The molecule has 0 aliphatic heterocycles. The number of rotatable bonds is 6. The van der Waals surface area contributed by atoms with Crippen LogP contribution in [-0.2, 0) is 33.0 Å². The fraction of sp³-hybridized carbons (Fsp3) is 0.368. The van der Waals surface area contributed by atoms with Crippen molar-refractivity contribution >= 4 is 35.9 Å². The molecule has 27 heavy (non-hydrogen) atoms. The first-order valence-electron chi connectivity index (χ1n) is 8.30. The molecule has 0 unspecified atom stereocenters. The van der Waals surface area contributed by atoms with Crippen molar-refractivity contribution in [2.75, 3.05) is 42.7 Å². The average Bonchev–Trinajstić information content (AvgIpc) is 2.72. The minimum atomic E-state index is -1.36. The number of hydrogen-bond donors (Lipinski definition) is 0. The van der Waals surface area contributed by atoms with Crippen LogP contribution >= 0.6 is 0 Å². The Labute approximate surface area is 165 Å². The predicted molar refractivity (Wildman–Crippen MR) is 110 cm³/mol. The van der Waals surface area contributed by atoms with E-state index in [-0.39, 0.29) is 0 Å². The monoisotopic (exact) mass is 408 g/mol. The second-order valence-corrected chi connectivity index (χ2v) is 8.64. The van der Waals surface area contributed by atoms with Crippen molar-refractivity contribution in [2.24, 2.45) is 0 Å². The predicted octanol–water partition coefficient (Wildman–Crippen LogP) is 3.23. The molecule has 1 aliphatic rings. The van der Waals surface area contributed by atoms with Crippen LogP contribution in [0.3, 0.4) is 0 Å². The summed E-state index contributed by atoms with van der Waals surface area (Å²) in [7, 11) is 6.62. The van der Waals surface area contributed by atoms with E-state index in [2.05, 4.69) is 48.6 Å². The molecule has 0 bridgehead atoms. The molecule has 0 saturated heterocycles. The van der Waals surface area contributed by atoms with Crippen molar-refractivity contribution < 1.29 is 26.6 Å². The van der Waals surface area contributed by atoms with Gasteiger partial charge in [0.05, 0.1) is 0 Å². The zero-order valence-corrected chi connectivity index (χ0v) is 18.8. The maximum atomic E-state index is 4.71. The Morgan fingerprint density at radius 2 is 1.15 bits per heavy atom. The molecule has 0 saturated carbocycles. The average molecular weight is 409 g/mol. The lowest BCUT2D eigenvalue weighted by atomic mass is 9.93. The van der Waals surface area contributed by atoms with Crippen molar-refractivity contribution in [1.29, 1.82) is 0 Å². The zero-order chi connectivity index (χ0) is 20.1. The quantitative estimate of drug-likeness (QED) is 0.684. The van der Waals surface area contributed by atoms with Crippen molar-refractivity contribution in [2.45, 2.75) is 6.42 Å². The molecule has 2 aromatic carbocycles. The standard InChI is InChI=1S/C13H10.2C3H9O3Si/c1-4-10-6-2-8-12-9-3-7-11(5-1)13(10)12;2*1-4-7(5-2)6-3/h1-8H,9H2;2*1-3H3. The van der Waals surface area contributed by atoms with Gasteiger partial charge in [-0.2, -0.15) is 0 Å². The van der Waals surface area contributed by atoms with Gasteiger partial charge < -0.3 is 26.6 Å². The molecule has 0 heterocycles. The van der Waals surface area contributed by atoms with Crippen molar-refractivity contribution in [3.8, 4) is 0 Å². The molecule has 1 aliphatic carbocycles. The molecule has 0 aromatic heterocycles. The van der Waals surface area contributed by atoms with Gasteiger partial charge in [0.2, 0.25) is 0 Å². The molecular weight excluding hydrogens is 380 g/mol. The molecule has 0 spiro atoms. The van der Waals surface area contributed by atoms with Gasteiger partial charge in [0.15, 0.2) is 0 Å². The molecule has 0 N–H and O–H groups in total. The van der Waals surface area contributed by atoms with Gasteiger partial charge in [-0.3, -0.25) is 0 Å². The van der Waals surface area contributed by atoms with Crippen LogP contribution < -0.4 is 0 Å². The van der Waals surface area contributed by atoms with Gasteiger partial charge in [0.1, 0.15) is 0 Å². The van der Waals surface area contributed by atoms with Crippen LogP contribution in [0.2, 0.25) is 0 Å². The lowest BCUT2D eigenvalue weighted by molar-refractivity contribution is 0.163. The molecule has 8 heteroatoms. The van der Waals surface area contributed by atoms with Crippen molar-refractivity contribution in [1.82, 2.24) is 0 Å². The highest BCUT2D eigenvalue weighted by Crippen LogP contribution is 2.27. The number of hydrogen-bond acceptors (Lipinski definition) is 6. The normalized spacial score (nSPS) is 11.9. The lowest BCUT2D eigenvalue weighted by Crippen LogP contribution is -2.21. The topological polar surface area (TPSA) is 55.4 Å². The molecule has 0 fully saturated rings. The smallest absolute Gasteiger partial charge is 0.375 e. The van der Waals surface area contributed by atoms with Gasteiger partial charge in [-0.25, -0.2) is 0 Å². The Hall–Kier alpha value is -1.37. The molecule has 0 amide bonds. The first-order valence-corrected chi connectivity index (χ1v) is 10.7. The molecule has 2 aromatic rings. The largest absolute Gasteiger partial charge is 0.576 e. The highest BCUT2D eigenvalue weighted by Gasteiger charge is 2.10. The Balaban J connectivity index is 0.000000226. The van der Waals surface area contributed by atoms with Crippen LogP contribution in [-0.4, -0.2) is 61.7 Å². The van der Waals surface area contributed by atoms with Crippen molar-refractivity contribution in [3.05, 3.63) is 53.6 Å². The maximum absolute atomic E-state index is 4.71. The van der Waals surface area contributed by atoms with E-state index in [9.17, 15) is 0 Å². The van der Waals surface area contributed by atoms with Gasteiger partial charge in [-0.1, -0.05) is 48.6 Å². The van der Waals surface area contributed by atoms with Crippen LogP contribution in [0.15, 0.2) is 42.5 Å². The van der Waals surface area contributed by atoms with Crippen LogP contribution in [0.4, 0.5) is 0 Å². The van der Waals surface area contributed by atoms with Gasteiger partial charge >= 0.3 is 19.1 Å². The zero-order valence-electron chi connectivity index (χ0n) is 16.8. The van der Waals surface area contributed by atoms with Gasteiger partial charge in [-0.15, -0.1) is 0 Å². The second-order valence-electron chi connectivity index (χ2n) is 5.19. The summed E-state index contributed by atoms with van der Waals surface area (Å²) in [6, 6.07) is 13.0. The van der Waals surface area contributed by atoms with Crippen LogP contribution in [0.1, 0.15) is 11.1 Å². The summed E-state index contributed by atoms with van der Waals surface area (Å²) in [5.41, 5.74) is 2.81. The fourth-order valence-corrected chi connectivity index (χ4v) is 3.57. The SMILES string of the molecule is C1=Cc2cccc3cccc(c23)C1.CO[Si](OC)OC.CO[Si](OC)OC. The summed E-state index contributed by atoms with van der Waals surface area (Å²) >= 11 is 0.